The predicted octanol–water partition coefficient (Wildman–Crippen LogP) is 6.36. The molecule has 4 aromatic rings. The van der Waals surface area contributed by atoms with Crippen molar-refractivity contribution in [2.75, 3.05) is 0 Å². The van der Waals surface area contributed by atoms with Crippen LogP contribution < -0.4 is 0 Å². The second-order valence-corrected chi connectivity index (χ2v) is 6.95. The highest BCUT2D eigenvalue weighted by Gasteiger charge is 2.14. The Morgan fingerprint density at radius 1 is 1.04 bits per heavy atom. The van der Waals surface area contributed by atoms with E-state index >= 15 is 0 Å². The highest BCUT2D eigenvalue weighted by atomic mass is 79.9. The number of fused-ring (bicyclic) bond motifs is 2. The van der Waals surface area contributed by atoms with Gasteiger partial charge in [-0.25, -0.2) is 0 Å². The van der Waals surface area contributed by atoms with Crippen molar-refractivity contribution in [3.05, 3.63) is 57.6 Å². The van der Waals surface area contributed by atoms with Crippen LogP contribution in [-0.2, 0) is 0 Å². The number of aromatic nitrogens is 2. The van der Waals surface area contributed by atoms with Crippen LogP contribution in [-0.4, -0.2) is 15.1 Å². The normalized spacial score (nSPS) is 11.8. The number of pyridine rings is 1. The van der Waals surface area contributed by atoms with E-state index in [9.17, 15) is 5.11 Å². The first-order valence-electron chi connectivity index (χ1n) is 7.08. The minimum atomic E-state index is -0.0271. The number of H-pyrrole nitrogens is 1. The lowest BCUT2D eigenvalue weighted by molar-refractivity contribution is 0.459. The molecule has 0 unspecified atom stereocenters. The van der Waals surface area contributed by atoms with Crippen molar-refractivity contribution >= 4 is 65.0 Å². The second kappa shape index (κ2) is 5.99. The average molecular weight is 446 g/mol. The van der Waals surface area contributed by atoms with Gasteiger partial charge in [-0.1, -0.05) is 34.1 Å². The summed E-state index contributed by atoms with van der Waals surface area (Å²) in [5.74, 6) is -0.0271. The van der Waals surface area contributed by atoms with E-state index < -0.39 is 0 Å². The molecule has 4 rings (SSSR count). The number of hydrogen-bond donors (Lipinski definition) is 2. The Hall–Kier alpha value is -2.25. The van der Waals surface area contributed by atoms with Crippen molar-refractivity contribution in [1.29, 1.82) is 0 Å². The number of nitrogens with zero attached hydrogens (tertiary/aromatic N) is 3. The fourth-order valence-corrected chi connectivity index (χ4v) is 3.89. The molecule has 0 bridgehead atoms. The van der Waals surface area contributed by atoms with Gasteiger partial charge in [0.2, 0.25) is 5.88 Å². The quantitative estimate of drug-likeness (QED) is 0.352. The topological polar surface area (TPSA) is 73.6 Å². The molecule has 0 amide bonds. The SMILES string of the molecule is Oc1[nH]c2c(Br)cc(Br)cc2c1N=Nc1cccc2cccnc12. The van der Waals surface area contributed by atoms with Gasteiger partial charge < -0.3 is 10.1 Å². The van der Waals surface area contributed by atoms with Crippen molar-refractivity contribution < 1.29 is 5.11 Å². The third-order valence-corrected chi connectivity index (χ3v) is 4.73. The first-order valence-corrected chi connectivity index (χ1v) is 8.67. The summed E-state index contributed by atoms with van der Waals surface area (Å²) in [7, 11) is 0. The number of hydrogen-bond acceptors (Lipinski definition) is 4. The number of nitrogens with one attached hydrogen (secondary N) is 1. The molecule has 0 spiro atoms. The van der Waals surface area contributed by atoms with E-state index in [-0.39, 0.29) is 5.88 Å². The van der Waals surface area contributed by atoms with Crippen molar-refractivity contribution in [2.45, 2.75) is 0 Å². The summed E-state index contributed by atoms with van der Waals surface area (Å²) >= 11 is 6.92. The summed E-state index contributed by atoms with van der Waals surface area (Å²) in [5.41, 5.74) is 2.57. The van der Waals surface area contributed by atoms with E-state index in [4.69, 9.17) is 0 Å². The number of aromatic hydroxyl groups is 1. The number of aromatic amines is 1. The smallest absolute Gasteiger partial charge is 0.218 e. The molecule has 0 aliphatic heterocycles. The lowest BCUT2D eigenvalue weighted by Crippen LogP contribution is -1.77. The molecule has 0 saturated heterocycles. The lowest BCUT2D eigenvalue weighted by atomic mass is 10.2. The van der Waals surface area contributed by atoms with Gasteiger partial charge in [-0.05, 0) is 40.2 Å². The molecule has 118 valence electrons. The standard InChI is InChI=1S/C17H10Br2N4O/c18-10-7-11-15(12(19)8-10)21-17(24)16(11)23-22-13-5-1-3-9-4-2-6-20-14(9)13/h1-8,21,24H. The number of benzene rings is 2. The van der Waals surface area contributed by atoms with Gasteiger partial charge >= 0.3 is 0 Å². The average Bonchev–Trinajstić information content (AvgIpc) is 2.89. The van der Waals surface area contributed by atoms with Crippen LogP contribution in [0.2, 0.25) is 0 Å². The van der Waals surface area contributed by atoms with E-state index in [1.807, 2.05) is 42.5 Å². The molecular weight excluding hydrogens is 436 g/mol. The third-order valence-electron chi connectivity index (χ3n) is 3.65. The summed E-state index contributed by atoms with van der Waals surface area (Å²) < 4.78 is 1.71. The monoisotopic (exact) mass is 444 g/mol. The van der Waals surface area contributed by atoms with Crippen LogP contribution >= 0.6 is 31.9 Å². The van der Waals surface area contributed by atoms with Gasteiger partial charge in [0.25, 0.3) is 0 Å². The van der Waals surface area contributed by atoms with Gasteiger partial charge in [-0.2, -0.15) is 0 Å². The molecule has 0 radical (unpaired) electrons. The van der Waals surface area contributed by atoms with Crippen LogP contribution in [0.5, 0.6) is 5.88 Å². The molecule has 2 heterocycles. The maximum absolute atomic E-state index is 10.2. The van der Waals surface area contributed by atoms with Gasteiger partial charge in [0.15, 0.2) is 5.69 Å². The van der Waals surface area contributed by atoms with Crippen molar-refractivity contribution in [3.63, 3.8) is 0 Å². The molecule has 7 heteroatoms. The van der Waals surface area contributed by atoms with Crippen LogP contribution in [0.15, 0.2) is 67.8 Å². The van der Waals surface area contributed by atoms with Gasteiger partial charge in [0.1, 0.15) is 5.69 Å². The highest BCUT2D eigenvalue weighted by molar-refractivity contribution is 9.11. The van der Waals surface area contributed by atoms with Crippen LogP contribution in [0.25, 0.3) is 21.8 Å². The van der Waals surface area contributed by atoms with E-state index in [1.165, 1.54) is 0 Å². The summed E-state index contributed by atoms with van der Waals surface area (Å²) in [6, 6.07) is 13.3. The molecule has 0 saturated carbocycles. The minimum absolute atomic E-state index is 0.0271. The number of halogens is 2. The molecule has 0 atom stereocenters. The van der Waals surface area contributed by atoms with Crippen molar-refractivity contribution in [2.24, 2.45) is 10.2 Å². The molecule has 5 nitrogen and oxygen atoms in total. The Kier molecular flexibility index (Phi) is 3.82. The van der Waals surface area contributed by atoms with Crippen molar-refractivity contribution in [1.82, 2.24) is 9.97 Å². The minimum Gasteiger partial charge on any atom is -0.493 e. The molecular formula is C17H10Br2N4O. The second-order valence-electron chi connectivity index (χ2n) is 5.18. The molecule has 2 N–H and O–H groups in total. The molecule has 2 aromatic heterocycles. The molecule has 24 heavy (non-hydrogen) atoms. The molecule has 2 aromatic carbocycles. The van der Waals surface area contributed by atoms with Gasteiger partial charge in [0.05, 0.1) is 11.0 Å². The summed E-state index contributed by atoms with van der Waals surface area (Å²) in [6.45, 7) is 0. The largest absolute Gasteiger partial charge is 0.493 e. The Morgan fingerprint density at radius 3 is 2.75 bits per heavy atom. The maximum atomic E-state index is 10.2. The van der Waals surface area contributed by atoms with E-state index in [0.717, 1.165) is 30.8 Å². The van der Waals surface area contributed by atoms with E-state index in [0.29, 0.717) is 11.4 Å². The first kappa shape index (κ1) is 15.3. The van der Waals surface area contributed by atoms with Gasteiger partial charge in [-0.15, -0.1) is 10.2 Å². The Bertz CT molecular complexity index is 1100. The Labute approximate surface area is 153 Å². The fourth-order valence-electron chi connectivity index (χ4n) is 2.57. The van der Waals surface area contributed by atoms with Crippen LogP contribution in [0.3, 0.4) is 0 Å². The zero-order valence-corrected chi connectivity index (χ0v) is 15.3. The molecule has 0 aliphatic carbocycles. The Morgan fingerprint density at radius 2 is 1.88 bits per heavy atom. The summed E-state index contributed by atoms with van der Waals surface area (Å²) in [5, 5.41) is 20.5. The number of rotatable bonds is 2. The number of azo groups is 1. The van der Waals surface area contributed by atoms with Crippen LogP contribution in [0, 0.1) is 0 Å². The van der Waals surface area contributed by atoms with Crippen molar-refractivity contribution in [3.8, 4) is 5.88 Å². The fraction of sp³-hybridized carbons (Fsp3) is 0. The van der Waals surface area contributed by atoms with Gasteiger partial charge in [0, 0.05) is 25.9 Å². The van der Waals surface area contributed by atoms with E-state index in [1.54, 1.807) is 6.20 Å². The zero-order valence-electron chi connectivity index (χ0n) is 12.2. The zero-order chi connectivity index (χ0) is 16.7. The maximum Gasteiger partial charge on any atom is 0.218 e. The van der Waals surface area contributed by atoms with Gasteiger partial charge in [-0.3, -0.25) is 4.98 Å². The molecule has 0 fully saturated rings. The summed E-state index contributed by atoms with van der Waals surface area (Å²) in [6.07, 6.45) is 1.72. The first-order chi connectivity index (χ1) is 11.6. The Balaban J connectivity index is 1.87. The number of para-hydroxylation sites is 1. The van der Waals surface area contributed by atoms with E-state index in [2.05, 4.69) is 52.1 Å². The van der Waals surface area contributed by atoms with Crippen LogP contribution in [0.4, 0.5) is 11.4 Å². The lowest BCUT2D eigenvalue weighted by Gasteiger charge is -1.99. The highest BCUT2D eigenvalue weighted by Crippen LogP contribution is 2.41. The predicted molar refractivity (Wildman–Crippen MR) is 101 cm³/mol. The molecule has 0 aliphatic rings. The third kappa shape index (κ3) is 2.59. The summed E-state index contributed by atoms with van der Waals surface area (Å²) in [4.78, 5) is 7.27. The van der Waals surface area contributed by atoms with Crippen LogP contribution in [0.1, 0.15) is 0 Å².